The van der Waals surface area contributed by atoms with Crippen molar-refractivity contribution in [3.05, 3.63) is 41.5 Å². The van der Waals surface area contributed by atoms with Gasteiger partial charge in [0.15, 0.2) is 0 Å². The van der Waals surface area contributed by atoms with E-state index in [1.807, 2.05) is 13.8 Å². The molecule has 0 aliphatic heterocycles. The number of aliphatic hydroxyl groups is 2. The Hall–Kier alpha value is -2.95. The SMILES string of the molecule is CN[C@@H](CC(C)C)C(=O)N[C@@H]1C=C(C(=O)N[C@@H](Cc2ccc(OC)cc2)C(N)=O)C[C@@H](O)[C@@H]1O. The lowest BCUT2D eigenvalue weighted by Gasteiger charge is -2.32. The standard InChI is InChI=1S/C24H36N4O6/c1-13(2)9-19(26-3)24(33)27-17-11-15(12-20(29)21(17)30)23(32)28-18(22(25)31)10-14-5-7-16(34-4)8-6-14/h5-8,11,13,17-21,26,29-30H,9-10,12H2,1-4H3,(H2,25,31)(H,27,33)(H,28,32)/t17-,18+,19+,20-,21-/m1/s1. The van der Waals surface area contributed by atoms with Crippen molar-refractivity contribution in [1.29, 1.82) is 0 Å². The fraction of sp³-hybridized carbons (Fsp3) is 0.542. The summed E-state index contributed by atoms with van der Waals surface area (Å²) in [6.07, 6.45) is -0.502. The van der Waals surface area contributed by atoms with Crippen LogP contribution in [0.4, 0.5) is 0 Å². The van der Waals surface area contributed by atoms with Crippen LogP contribution >= 0.6 is 0 Å². The van der Waals surface area contributed by atoms with Crippen LogP contribution in [-0.2, 0) is 20.8 Å². The molecule has 0 heterocycles. The van der Waals surface area contributed by atoms with Crippen molar-refractivity contribution in [3.63, 3.8) is 0 Å². The van der Waals surface area contributed by atoms with E-state index >= 15 is 0 Å². The summed E-state index contributed by atoms with van der Waals surface area (Å²) in [5.74, 6) is -0.741. The lowest BCUT2D eigenvalue weighted by molar-refractivity contribution is -0.126. The van der Waals surface area contributed by atoms with Gasteiger partial charge in [0, 0.05) is 18.4 Å². The second kappa shape index (κ2) is 12.5. The van der Waals surface area contributed by atoms with Gasteiger partial charge in [0.25, 0.3) is 0 Å². The zero-order chi connectivity index (χ0) is 25.4. The number of likely N-dealkylation sites (N-methyl/N-ethyl adjacent to an activating group) is 1. The summed E-state index contributed by atoms with van der Waals surface area (Å²) in [4.78, 5) is 37.5. The Balaban J connectivity index is 2.13. The molecule has 0 fully saturated rings. The zero-order valence-corrected chi connectivity index (χ0v) is 20.1. The lowest BCUT2D eigenvalue weighted by atomic mass is 9.89. The van der Waals surface area contributed by atoms with E-state index in [-0.39, 0.29) is 30.2 Å². The van der Waals surface area contributed by atoms with Crippen LogP contribution in [0.15, 0.2) is 35.9 Å². The van der Waals surface area contributed by atoms with E-state index in [9.17, 15) is 24.6 Å². The van der Waals surface area contributed by atoms with E-state index in [1.54, 1.807) is 38.4 Å². The number of amides is 3. The number of hydrogen-bond donors (Lipinski definition) is 6. The van der Waals surface area contributed by atoms with E-state index in [0.29, 0.717) is 12.2 Å². The number of nitrogens with two attached hydrogens (primary N) is 1. The molecule has 5 atom stereocenters. The number of hydrogen-bond acceptors (Lipinski definition) is 7. The van der Waals surface area contributed by atoms with Gasteiger partial charge in [-0.05, 0) is 37.1 Å². The Morgan fingerprint density at radius 1 is 1.15 bits per heavy atom. The van der Waals surface area contributed by atoms with E-state index in [0.717, 1.165) is 5.56 Å². The third kappa shape index (κ3) is 7.54. The predicted octanol–water partition coefficient (Wildman–Crippen LogP) is -0.621. The van der Waals surface area contributed by atoms with Gasteiger partial charge < -0.3 is 36.6 Å². The Labute approximate surface area is 199 Å². The minimum absolute atomic E-state index is 0.130. The van der Waals surface area contributed by atoms with Crippen LogP contribution in [0.2, 0.25) is 0 Å². The first-order chi connectivity index (χ1) is 16.0. The Morgan fingerprint density at radius 3 is 2.32 bits per heavy atom. The summed E-state index contributed by atoms with van der Waals surface area (Å²) in [6, 6.07) is 4.57. The Kier molecular flexibility index (Phi) is 10.0. The minimum atomic E-state index is -1.27. The van der Waals surface area contributed by atoms with E-state index in [1.165, 1.54) is 6.08 Å². The number of primary amides is 1. The van der Waals surface area contributed by atoms with Gasteiger partial charge in [-0.1, -0.05) is 32.1 Å². The first kappa shape index (κ1) is 27.3. The second-order valence-electron chi connectivity index (χ2n) is 8.94. The summed E-state index contributed by atoms with van der Waals surface area (Å²) in [5, 5.41) is 28.9. The van der Waals surface area contributed by atoms with E-state index < -0.39 is 42.1 Å². The summed E-state index contributed by atoms with van der Waals surface area (Å²) in [5.41, 5.74) is 6.42. The molecule has 1 aromatic carbocycles. The van der Waals surface area contributed by atoms with Gasteiger partial charge in [0.2, 0.25) is 17.7 Å². The fourth-order valence-electron chi connectivity index (χ4n) is 3.83. The summed E-state index contributed by atoms with van der Waals surface area (Å²) >= 11 is 0. The topological polar surface area (TPSA) is 163 Å². The molecule has 10 nitrogen and oxygen atoms in total. The third-order valence-corrected chi connectivity index (χ3v) is 5.79. The van der Waals surface area contributed by atoms with Crippen LogP contribution in [0.3, 0.4) is 0 Å². The molecule has 0 radical (unpaired) electrons. The average Bonchev–Trinajstić information content (AvgIpc) is 2.79. The van der Waals surface area contributed by atoms with Crippen molar-refractivity contribution in [3.8, 4) is 5.75 Å². The predicted molar refractivity (Wildman–Crippen MR) is 127 cm³/mol. The van der Waals surface area contributed by atoms with Gasteiger partial charge in [-0.15, -0.1) is 0 Å². The largest absolute Gasteiger partial charge is 0.497 e. The second-order valence-corrected chi connectivity index (χ2v) is 8.94. The van der Waals surface area contributed by atoms with Crippen LogP contribution in [0.5, 0.6) is 5.75 Å². The summed E-state index contributed by atoms with van der Waals surface area (Å²) in [6.45, 7) is 3.97. The van der Waals surface area contributed by atoms with Crippen LogP contribution in [0, 0.1) is 5.92 Å². The molecule has 2 rings (SSSR count). The molecule has 0 bridgehead atoms. The highest BCUT2D eigenvalue weighted by molar-refractivity contribution is 5.97. The molecular formula is C24H36N4O6. The minimum Gasteiger partial charge on any atom is -0.497 e. The van der Waals surface area contributed by atoms with E-state index in [4.69, 9.17) is 10.5 Å². The van der Waals surface area contributed by atoms with Gasteiger partial charge in [0.1, 0.15) is 17.9 Å². The normalized spacial score (nSPS) is 21.9. The van der Waals surface area contributed by atoms with Crippen molar-refractivity contribution in [2.75, 3.05) is 14.2 Å². The molecule has 1 aliphatic rings. The molecule has 0 aromatic heterocycles. The Morgan fingerprint density at radius 2 is 1.79 bits per heavy atom. The maximum atomic E-state index is 12.9. The fourth-order valence-corrected chi connectivity index (χ4v) is 3.83. The molecule has 0 unspecified atom stereocenters. The number of ether oxygens (including phenoxy) is 1. The van der Waals surface area contributed by atoms with Crippen molar-refractivity contribution in [2.24, 2.45) is 11.7 Å². The number of methoxy groups -OCH3 is 1. The van der Waals surface area contributed by atoms with Gasteiger partial charge in [-0.2, -0.15) is 0 Å². The van der Waals surface area contributed by atoms with Crippen molar-refractivity contribution >= 4 is 17.7 Å². The maximum Gasteiger partial charge on any atom is 0.247 e. The smallest absolute Gasteiger partial charge is 0.247 e. The summed E-state index contributed by atoms with van der Waals surface area (Å²) in [7, 11) is 3.21. The molecule has 0 spiro atoms. The number of nitrogens with one attached hydrogen (secondary N) is 3. The average molecular weight is 477 g/mol. The number of rotatable bonds is 11. The molecular weight excluding hydrogens is 440 g/mol. The number of carbonyl (C=O) groups excluding carboxylic acids is 3. The molecule has 3 amide bonds. The molecule has 188 valence electrons. The molecule has 1 aromatic rings. The first-order valence-electron chi connectivity index (χ1n) is 11.3. The zero-order valence-electron chi connectivity index (χ0n) is 20.1. The highest BCUT2D eigenvalue weighted by Gasteiger charge is 2.35. The Bertz CT molecular complexity index is 886. The lowest BCUT2D eigenvalue weighted by Crippen LogP contribution is -2.55. The van der Waals surface area contributed by atoms with Gasteiger partial charge in [-0.3, -0.25) is 14.4 Å². The van der Waals surface area contributed by atoms with Crippen LogP contribution < -0.4 is 26.4 Å². The number of benzene rings is 1. The van der Waals surface area contributed by atoms with Crippen LogP contribution in [0.25, 0.3) is 0 Å². The quantitative estimate of drug-likeness (QED) is 0.248. The molecule has 1 aliphatic carbocycles. The van der Waals surface area contributed by atoms with Crippen LogP contribution in [0.1, 0.15) is 32.3 Å². The summed E-state index contributed by atoms with van der Waals surface area (Å²) < 4.78 is 5.12. The first-order valence-corrected chi connectivity index (χ1v) is 11.3. The van der Waals surface area contributed by atoms with Gasteiger partial charge in [-0.25, -0.2) is 0 Å². The van der Waals surface area contributed by atoms with Gasteiger partial charge >= 0.3 is 0 Å². The highest BCUT2D eigenvalue weighted by Crippen LogP contribution is 2.21. The number of aliphatic hydroxyl groups excluding tert-OH is 2. The molecule has 0 saturated carbocycles. The monoisotopic (exact) mass is 476 g/mol. The van der Waals surface area contributed by atoms with Gasteiger partial charge in [0.05, 0.1) is 25.3 Å². The van der Waals surface area contributed by atoms with Crippen molar-refractivity contribution < 1.29 is 29.3 Å². The van der Waals surface area contributed by atoms with Crippen molar-refractivity contribution in [2.45, 2.75) is 63.4 Å². The third-order valence-electron chi connectivity index (χ3n) is 5.79. The van der Waals surface area contributed by atoms with Crippen molar-refractivity contribution in [1.82, 2.24) is 16.0 Å². The molecule has 34 heavy (non-hydrogen) atoms. The molecule has 0 saturated heterocycles. The van der Waals surface area contributed by atoms with E-state index in [2.05, 4.69) is 16.0 Å². The maximum absolute atomic E-state index is 12.9. The molecule has 10 heteroatoms. The van der Waals surface area contributed by atoms with Crippen LogP contribution in [-0.4, -0.2) is 72.4 Å². The molecule has 7 N–H and O–H groups in total. The highest BCUT2D eigenvalue weighted by atomic mass is 16.5. The number of carbonyl (C=O) groups is 3.